The molecule has 0 aliphatic heterocycles. The predicted molar refractivity (Wildman–Crippen MR) is 65.2 cm³/mol. The smallest absolute Gasteiger partial charge is 0.135 e. The van der Waals surface area contributed by atoms with Gasteiger partial charge >= 0.3 is 0 Å². The fourth-order valence-corrected chi connectivity index (χ4v) is 1.71. The van der Waals surface area contributed by atoms with E-state index in [9.17, 15) is 0 Å². The second-order valence-corrected chi connectivity index (χ2v) is 3.95. The molecule has 0 aliphatic rings. The molecular weight excluding hydrogens is 198 g/mol. The van der Waals surface area contributed by atoms with Gasteiger partial charge in [0.1, 0.15) is 11.6 Å². The van der Waals surface area contributed by atoms with Gasteiger partial charge in [-0.3, -0.25) is 0 Å². The summed E-state index contributed by atoms with van der Waals surface area (Å²) in [6.45, 7) is 4.02. The van der Waals surface area contributed by atoms with Crippen molar-refractivity contribution in [2.75, 3.05) is 5.73 Å². The Morgan fingerprint density at radius 2 is 1.88 bits per heavy atom. The first kappa shape index (κ1) is 10.6. The Morgan fingerprint density at radius 1 is 1.12 bits per heavy atom. The lowest BCUT2D eigenvalue weighted by atomic mass is 10.1. The van der Waals surface area contributed by atoms with E-state index in [1.165, 1.54) is 11.1 Å². The third-order valence-corrected chi connectivity index (χ3v) is 2.53. The van der Waals surface area contributed by atoms with E-state index in [1.807, 2.05) is 19.1 Å². The number of aromatic nitrogens is 2. The van der Waals surface area contributed by atoms with E-state index >= 15 is 0 Å². The van der Waals surface area contributed by atoms with Crippen molar-refractivity contribution in [2.24, 2.45) is 0 Å². The summed E-state index contributed by atoms with van der Waals surface area (Å²) in [5.74, 6) is 1.32. The molecule has 16 heavy (non-hydrogen) atoms. The molecule has 0 spiro atoms. The molecule has 2 N–H and O–H groups in total. The number of hydrogen-bond donors (Lipinski definition) is 1. The van der Waals surface area contributed by atoms with Crippen molar-refractivity contribution < 1.29 is 0 Å². The fraction of sp³-hybridized carbons (Fsp3) is 0.231. The highest BCUT2D eigenvalue weighted by molar-refractivity contribution is 5.32. The van der Waals surface area contributed by atoms with Gasteiger partial charge in [-0.15, -0.1) is 0 Å². The Morgan fingerprint density at radius 3 is 2.56 bits per heavy atom. The maximum Gasteiger partial charge on any atom is 0.135 e. The molecule has 0 saturated heterocycles. The molecule has 1 aromatic heterocycles. The summed E-state index contributed by atoms with van der Waals surface area (Å²) in [6, 6.07) is 10.0. The predicted octanol–water partition coefficient (Wildman–Crippen LogP) is 2.27. The zero-order chi connectivity index (χ0) is 11.5. The van der Waals surface area contributed by atoms with Gasteiger partial charge in [-0.05, 0) is 25.0 Å². The second kappa shape index (κ2) is 4.31. The summed E-state index contributed by atoms with van der Waals surface area (Å²) < 4.78 is 0. The van der Waals surface area contributed by atoms with Crippen molar-refractivity contribution in [3.63, 3.8) is 0 Å². The molecule has 2 aromatic rings. The summed E-state index contributed by atoms with van der Waals surface area (Å²) in [5.41, 5.74) is 9.11. The highest BCUT2D eigenvalue weighted by Crippen LogP contribution is 2.12. The average molecular weight is 213 g/mol. The quantitative estimate of drug-likeness (QED) is 0.832. The molecule has 0 atom stereocenters. The van der Waals surface area contributed by atoms with Gasteiger partial charge in [-0.2, -0.15) is 0 Å². The van der Waals surface area contributed by atoms with Gasteiger partial charge in [0.05, 0.1) is 0 Å². The van der Waals surface area contributed by atoms with Crippen LogP contribution in [0.1, 0.15) is 22.6 Å². The van der Waals surface area contributed by atoms with Gasteiger partial charge in [-0.1, -0.05) is 24.3 Å². The first-order valence-corrected chi connectivity index (χ1v) is 5.29. The zero-order valence-electron chi connectivity index (χ0n) is 9.57. The maximum atomic E-state index is 5.70. The average Bonchev–Trinajstić information content (AvgIpc) is 2.20. The Bertz CT molecular complexity index is 486. The minimum atomic E-state index is 0.538. The number of aryl methyl sites for hydroxylation is 2. The SMILES string of the molecule is Cc1cc(N)nc(Cc2ccccc2C)n1. The second-order valence-electron chi connectivity index (χ2n) is 3.95. The van der Waals surface area contributed by atoms with E-state index in [0.717, 1.165) is 17.9 Å². The molecule has 3 nitrogen and oxygen atoms in total. The van der Waals surface area contributed by atoms with E-state index in [2.05, 4.69) is 29.0 Å². The fourth-order valence-electron chi connectivity index (χ4n) is 1.71. The molecule has 0 aliphatic carbocycles. The number of nitrogens with two attached hydrogens (primary N) is 1. The van der Waals surface area contributed by atoms with E-state index < -0.39 is 0 Å². The normalized spacial score (nSPS) is 10.4. The van der Waals surface area contributed by atoms with Crippen LogP contribution in [0.3, 0.4) is 0 Å². The number of hydrogen-bond acceptors (Lipinski definition) is 3. The molecule has 0 bridgehead atoms. The Kier molecular flexibility index (Phi) is 2.86. The number of benzene rings is 1. The standard InChI is InChI=1S/C13H15N3/c1-9-5-3-4-6-11(9)8-13-15-10(2)7-12(14)16-13/h3-7H,8H2,1-2H3,(H2,14,15,16). The first-order valence-electron chi connectivity index (χ1n) is 5.29. The molecule has 0 fully saturated rings. The Labute approximate surface area is 95.4 Å². The Balaban J connectivity index is 2.30. The maximum absolute atomic E-state index is 5.70. The lowest BCUT2D eigenvalue weighted by Gasteiger charge is -2.05. The van der Waals surface area contributed by atoms with Crippen LogP contribution in [0.25, 0.3) is 0 Å². The molecule has 3 heteroatoms. The van der Waals surface area contributed by atoms with Crippen LogP contribution in [-0.4, -0.2) is 9.97 Å². The molecule has 0 unspecified atom stereocenters. The summed E-state index contributed by atoms with van der Waals surface area (Å²) in [5, 5.41) is 0. The molecule has 2 rings (SSSR count). The van der Waals surface area contributed by atoms with Gasteiger partial charge in [-0.25, -0.2) is 9.97 Å². The third kappa shape index (κ3) is 2.37. The van der Waals surface area contributed by atoms with Gasteiger partial charge in [0.15, 0.2) is 0 Å². The number of nitrogen functional groups attached to an aromatic ring is 1. The van der Waals surface area contributed by atoms with Gasteiger partial charge < -0.3 is 5.73 Å². The van der Waals surface area contributed by atoms with Crippen molar-refractivity contribution >= 4 is 5.82 Å². The number of anilines is 1. The van der Waals surface area contributed by atoms with Crippen LogP contribution in [0.2, 0.25) is 0 Å². The van der Waals surface area contributed by atoms with Crippen molar-refractivity contribution in [3.05, 3.63) is 53.0 Å². The van der Waals surface area contributed by atoms with E-state index in [-0.39, 0.29) is 0 Å². The van der Waals surface area contributed by atoms with E-state index in [1.54, 1.807) is 6.07 Å². The van der Waals surface area contributed by atoms with Crippen LogP contribution in [0.15, 0.2) is 30.3 Å². The molecule has 82 valence electrons. The highest BCUT2D eigenvalue weighted by Gasteiger charge is 2.03. The molecule has 0 radical (unpaired) electrons. The lowest BCUT2D eigenvalue weighted by molar-refractivity contribution is 0.942. The highest BCUT2D eigenvalue weighted by atomic mass is 14.9. The van der Waals surface area contributed by atoms with E-state index in [4.69, 9.17) is 5.73 Å². The Hall–Kier alpha value is -1.90. The summed E-state index contributed by atoms with van der Waals surface area (Å²) >= 11 is 0. The molecule has 1 aromatic carbocycles. The van der Waals surface area contributed by atoms with Crippen LogP contribution < -0.4 is 5.73 Å². The van der Waals surface area contributed by atoms with Crippen LogP contribution in [0.5, 0.6) is 0 Å². The molecular formula is C13H15N3. The summed E-state index contributed by atoms with van der Waals surface area (Å²) in [4.78, 5) is 8.62. The third-order valence-electron chi connectivity index (χ3n) is 2.53. The molecule has 0 saturated carbocycles. The van der Waals surface area contributed by atoms with Gasteiger partial charge in [0, 0.05) is 18.2 Å². The number of rotatable bonds is 2. The largest absolute Gasteiger partial charge is 0.384 e. The van der Waals surface area contributed by atoms with Crippen LogP contribution in [-0.2, 0) is 6.42 Å². The van der Waals surface area contributed by atoms with Crippen LogP contribution in [0, 0.1) is 13.8 Å². The van der Waals surface area contributed by atoms with Crippen LogP contribution in [0.4, 0.5) is 5.82 Å². The van der Waals surface area contributed by atoms with Crippen LogP contribution >= 0.6 is 0 Å². The van der Waals surface area contributed by atoms with E-state index in [0.29, 0.717) is 5.82 Å². The molecule has 0 amide bonds. The van der Waals surface area contributed by atoms with Crippen molar-refractivity contribution in [3.8, 4) is 0 Å². The molecule has 1 heterocycles. The van der Waals surface area contributed by atoms with Crippen molar-refractivity contribution in [1.82, 2.24) is 9.97 Å². The van der Waals surface area contributed by atoms with Gasteiger partial charge in [0.2, 0.25) is 0 Å². The van der Waals surface area contributed by atoms with Gasteiger partial charge in [0.25, 0.3) is 0 Å². The minimum Gasteiger partial charge on any atom is -0.384 e. The number of nitrogens with zero attached hydrogens (tertiary/aromatic N) is 2. The minimum absolute atomic E-state index is 0.538. The zero-order valence-corrected chi connectivity index (χ0v) is 9.57. The lowest BCUT2D eigenvalue weighted by Crippen LogP contribution is -2.02. The topological polar surface area (TPSA) is 51.8 Å². The summed E-state index contributed by atoms with van der Waals surface area (Å²) in [6.07, 6.45) is 0.735. The first-order chi connectivity index (χ1) is 7.65. The summed E-state index contributed by atoms with van der Waals surface area (Å²) in [7, 11) is 0. The van der Waals surface area contributed by atoms with Crippen molar-refractivity contribution in [2.45, 2.75) is 20.3 Å². The monoisotopic (exact) mass is 213 g/mol. The van der Waals surface area contributed by atoms with Crippen molar-refractivity contribution in [1.29, 1.82) is 0 Å².